The Labute approximate surface area is 152 Å². The van der Waals surface area contributed by atoms with E-state index in [0.29, 0.717) is 24.7 Å². The van der Waals surface area contributed by atoms with Crippen LogP contribution in [0.5, 0.6) is 0 Å². The third-order valence-electron chi connectivity index (χ3n) is 4.25. The van der Waals surface area contributed by atoms with E-state index in [1.165, 1.54) is 0 Å². The van der Waals surface area contributed by atoms with E-state index in [1.807, 2.05) is 30.3 Å². The van der Waals surface area contributed by atoms with Crippen molar-refractivity contribution in [2.45, 2.75) is 6.54 Å². The highest BCUT2D eigenvalue weighted by Crippen LogP contribution is 2.15. The maximum atomic E-state index is 12.3. The largest absolute Gasteiger partial charge is 0.368 e. The Bertz CT molecular complexity index is 726. The van der Waals surface area contributed by atoms with Crippen molar-refractivity contribution in [2.24, 2.45) is 0 Å². The molecule has 1 heterocycles. The first-order valence-electron chi connectivity index (χ1n) is 8.25. The summed E-state index contributed by atoms with van der Waals surface area (Å²) in [5, 5.41) is 3.31. The minimum Gasteiger partial charge on any atom is -0.368 e. The van der Waals surface area contributed by atoms with Gasteiger partial charge < -0.3 is 15.1 Å². The van der Waals surface area contributed by atoms with E-state index in [2.05, 4.69) is 22.3 Å². The van der Waals surface area contributed by atoms with Crippen molar-refractivity contribution in [1.82, 2.24) is 10.2 Å². The summed E-state index contributed by atoms with van der Waals surface area (Å²) in [6.07, 6.45) is 0. The SMILES string of the molecule is O=C(NCc1ccc(Cl)cc1)C(=O)N1CCN(c2ccccc2)CC1. The van der Waals surface area contributed by atoms with E-state index in [1.54, 1.807) is 17.0 Å². The van der Waals surface area contributed by atoms with Crippen molar-refractivity contribution in [3.05, 3.63) is 65.2 Å². The van der Waals surface area contributed by atoms with Crippen LogP contribution in [0.15, 0.2) is 54.6 Å². The van der Waals surface area contributed by atoms with E-state index in [4.69, 9.17) is 11.6 Å². The molecule has 0 unspecified atom stereocenters. The van der Waals surface area contributed by atoms with Crippen LogP contribution in [0, 0.1) is 0 Å². The number of hydrogen-bond donors (Lipinski definition) is 1. The number of rotatable bonds is 3. The molecular weight excluding hydrogens is 338 g/mol. The van der Waals surface area contributed by atoms with Crippen LogP contribution in [-0.2, 0) is 16.1 Å². The van der Waals surface area contributed by atoms with E-state index >= 15 is 0 Å². The van der Waals surface area contributed by atoms with Gasteiger partial charge in [-0.2, -0.15) is 0 Å². The Balaban J connectivity index is 1.48. The quantitative estimate of drug-likeness (QED) is 0.858. The minimum absolute atomic E-state index is 0.311. The Morgan fingerprint density at radius 2 is 1.56 bits per heavy atom. The number of benzene rings is 2. The lowest BCUT2D eigenvalue weighted by Crippen LogP contribution is -2.52. The number of hydrogen-bond acceptors (Lipinski definition) is 3. The molecule has 2 aromatic carbocycles. The Morgan fingerprint density at radius 3 is 2.20 bits per heavy atom. The highest BCUT2D eigenvalue weighted by atomic mass is 35.5. The fourth-order valence-corrected chi connectivity index (χ4v) is 2.94. The van der Waals surface area contributed by atoms with Crippen molar-refractivity contribution < 1.29 is 9.59 Å². The molecule has 1 N–H and O–H groups in total. The fourth-order valence-electron chi connectivity index (χ4n) is 2.81. The number of nitrogens with one attached hydrogen (secondary N) is 1. The smallest absolute Gasteiger partial charge is 0.312 e. The number of halogens is 1. The van der Waals surface area contributed by atoms with Crippen molar-refractivity contribution in [3.63, 3.8) is 0 Å². The third kappa shape index (κ3) is 4.51. The van der Waals surface area contributed by atoms with E-state index in [9.17, 15) is 9.59 Å². The zero-order valence-corrected chi connectivity index (χ0v) is 14.6. The molecule has 3 rings (SSSR count). The number of carbonyl (C=O) groups excluding carboxylic acids is 2. The summed E-state index contributed by atoms with van der Waals surface area (Å²) >= 11 is 5.83. The fraction of sp³-hybridized carbons (Fsp3) is 0.263. The average Bonchev–Trinajstić information content (AvgIpc) is 2.67. The predicted molar refractivity (Wildman–Crippen MR) is 98.5 cm³/mol. The van der Waals surface area contributed by atoms with Gasteiger partial charge in [0.15, 0.2) is 0 Å². The van der Waals surface area contributed by atoms with Crippen molar-refractivity contribution in [1.29, 1.82) is 0 Å². The molecule has 0 aromatic heterocycles. The molecule has 0 atom stereocenters. The van der Waals surface area contributed by atoms with Crippen molar-refractivity contribution in [2.75, 3.05) is 31.1 Å². The van der Waals surface area contributed by atoms with Crippen molar-refractivity contribution in [3.8, 4) is 0 Å². The molecule has 0 radical (unpaired) electrons. The molecule has 2 aromatic rings. The summed E-state index contributed by atoms with van der Waals surface area (Å²) in [6, 6.07) is 17.2. The molecule has 1 aliphatic rings. The number of carbonyl (C=O) groups is 2. The second kappa shape index (κ2) is 8.03. The van der Waals surface area contributed by atoms with Gasteiger partial charge in [-0.05, 0) is 29.8 Å². The summed E-state index contributed by atoms with van der Waals surface area (Å²) in [4.78, 5) is 28.2. The Kier molecular flexibility index (Phi) is 5.56. The standard InChI is InChI=1S/C19H20ClN3O2/c20-16-8-6-15(7-9-16)14-21-18(24)19(25)23-12-10-22(11-13-23)17-4-2-1-3-5-17/h1-9H,10-14H2,(H,21,24). The van der Waals surface area contributed by atoms with E-state index in [0.717, 1.165) is 24.3 Å². The Morgan fingerprint density at radius 1 is 0.920 bits per heavy atom. The number of para-hydroxylation sites is 1. The second-order valence-electron chi connectivity index (χ2n) is 5.92. The van der Waals surface area contributed by atoms with Gasteiger partial charge in [0.25, 0.3) is 0 Å². The van der Waals surface area contributed by atoms with Gasteiger partial charge in [0, 0.05) is 43.4 Å². The first-order chi connectivity index (χ1) is 12.1. The van der Waals surface area contributed by atoms with E-state index < -0.39 is 11.8 Å². The molecule has 5 nitrogen and oxygen atoms in total. The van der Waals surface area contributed by atoms with Crippen LogP contribution < -0.4 is 10.2 Å². The summed E-state index contributed by atoms with van der Waals surface area (Å²) in [6.45, 7) is 2.84. The summed E-state index contributed by atoms with van der Waals surface area (Å²) in [5.41, 5.74) is 2.04. The van der Waals surface area contributed by atoms with Gasteiger partial charge in [0.2, 0.25) is 0 Å². The molecule has 0 aliphatic carbocycles. The molecule has 1 saturated heterocycles. The molecule has 0 saturated carbocycles. The van der Waals surface area contributed by atoms with Crippen LogP contribution in [-0.4, -0.2) is 42.9 Å². The summed E-state index contributed by atoms with van der Waals surface area (Å²) < 4.78 is 0. The number of nitrogens with zero attached hydrogens (tertiary/aromatic N) is 2. The molecule has 2 amide bonds. The number of piperazine rings is 1. The van der Waals surface area contributed by atoms with Crippen LogP contribution in [0.2, 0.25) is 5.02 Å². The molecule has 25 heavy (non-hydrogen) atoms. The van der Waals surface area contributed by atoms with Gasteiger partial charge >= 0.3 is 11.8 Å². The number of amides is 2. The minimum atomic E-state index is -0.567. The normalized spacial score (nSPS) is 14.3. The first kappa shape index (κ1) is 17.3. The second-order valence-corrected chi connectivity index (χ2v) is 6.36. The third-order valence-corrected chi connectivity index (χ3v) is 4.50. The van der Waals surface area contributed by atoms with Crippen molar-refractivity contribution >= 4 is 29.1 Å². The highest BCUT2D eigenvalue weighted by Gasteiger charge is 2.25. The summed E-state index contributed by atoms with van der Waals surface area (Å²) in [5.74, 6) is -1.04. The van der Waals surface area contributed by atoms with Crippen LogP contribution in [0.4, 0.5) is 5.69 Å². The zero-order valence-electron chi connectivity index (χ0n) is 13.8. The molecule has 1 aliphatic heterocycles. The van der Waals surface area contributed by atoms with Gasteiger partial charge in [-0.3, -0.25) is 9.59 Å². The lowest BCUT2D eigenvalue weighted by Gasteiger charge is -2.35. The predicted octanol–water partition coefficient (Wildman–Crippen LogP) is 2.30. The monoisotopic (exact) mass is 357 g/mol. The van der Waals surface area contributed by atoms with Crippen LogP contribution in [0.3, 0.4) is 0 Å². The van der Waals surface area contributed by atoms with Gasteiger partial charge in [-0.1, -0.05) is 41.9 Å². The molecule has 0 bridgehead atoms. The molecular formula is C19H20ClN3O2. The lowest BCUT2D eigenvalue weighted by atomic mass is 10.2. The van der Waals surface area contributed by atoms with Gasteiger partial charge in [0.1, 0.15) is 0 Å². The van der Waals surface area contributed by atoms with E-state index in [-0.39, 0.29) is 0 Å². The molecule has 1 fully saturated rings. The molecule has 6 heteroatoms. The topological polar surface area (TPSA) is 52.7 Å². The zero-order chi connectivity index (χ0) is 17.6. The molecule has 130 valence electrons. The lowest BCUT2D eigenvalue weighted by molar-refractivity contribution is -0.146. The van der Waals surface area contributed by atoms with Crippen LogP contribution in [0.1, 0.15) is 5.56 Å². The van der Waals surface area contributed by atoms with Gasteiger partial charge in [-0.25, -0.2) is 0 Å². The average molecular weight is 358 g/mol. The molecule has 0 spiro atoms. The maximum absolute atomic E-state index is 12.3. The highest BCUT2D eigenvalue weighted by molar-refractivity contribution is 6.35. The first-order valence-corrected chi connectivity index (χ1v) is 8.63. The maximum Gasteiger partial charge on any atom is 0.312 e. The Hall–Kier alpha value is -2.53. The summed E-state index contributed by atoms with van der Waals surface area (Å²) in [7, 11) is 0. The van der Waals surface area contributed by atoms with Crippen LogP contribution in [0.25, 0.3) is 0 Å². The van der Waals surface area contributed by atoms with Gasteiger partial charge in [0.05, 0.1) is 0 Å². The van der Waals surface area contributed by atoms with Gasteiger partial charge in [-0.15, -0.1) is 0 Å². The number of anilines is 1. The van der Waals surface area contributed by atoms with Crippen LogP contribution >= 0.6 is 11.6 Å².